The van der Waals surface area contributed by atoms with Crippen LogP contribution >= 0.6 is 0 Å². The van der Waals surface area contributed by atoms with Crippen LogP contribution in [0.2, 0.25) is 0 Å². The van der Waals surface area contributed by atoms with Crippen LogP contribution < -0.4 is 15.8 Å². The van der Waals surface area contributed by atoms with E-state index in [4.69, 9.17) is 4.98 Å². The SMILES string of the molecule is CN(C)Cc1ccc(Nc2ncc3cc(N4CCC(CC(=O)c5cccn(Cc6cccnc6)c5=O)C4)ccc3n2)cc1. The Labute approximate surface area is 250 Å². The summed E-state index contributed by atoms with van der Waals surface area (Å²) in [7, 11) is 4.11. The summed E-state index contributed by atoms with van der Waals surface area (Å²) in [5.74, 6) is 0.638. The summed E-state index contributed by atoms with van der Waals surface area (Å²) in [4.78, 5) is 44.1. The molecule has 1 atom stereocenters. The smallest absolute Gasteiger partial charge is 0.261 e. The standard InChI is InChI=1S/C34H35N7O2/c1-39(2)21-24-7-9-28(10-8-24)37-34-36-20-27-18-29(11-12-31(27)38-34)40-16-13-25(22-40)17-32(42)30-6-4-15-41(33(30)43)23-26-5-3-14-35-19-26/h3-12,14-15,18-20,25H,13,16-17,21-23H2,1-2H3,(H,36,37,38). The maximum absolute atomic E-state index is 13.2. The third-order valence-electron chi connectivity index (χ3n) is 7.79. The van der Waals surface area contributed by atoms with Gasteiger partial charge >= 0.3 is 0 Å². The Balaban J connectivity index is 1.08. The van der Waals surface area contributed by atoms with E-state index in [0.29, 0.717) is 18.9 Å². The number of anilines is 3. The number of aromatic nitrogens is 4. The lowest BCUT2D eigenvalue weighted by Gasteiger charge is -2.19. The molecule has 1 unspecified atom stereocenters. The maximum atomic E-state index is 13.2. The molecule has 1 aliphatic heterocycles. The molecule has 0 saturated carbocycles. The van der Waals surface area contributed by atoms with Crippen LogP contribution in [0.4, 0.5) is 17.3 Å². The molecule has 1 saturated heterocycles. The van der Waals surface area contributed by atoms with Crippen LogP contribution in [0.25, 0.3) is 10.9 Å². The van der Waals surface area contributed by atoms with Crippen molar-refractivity contribution in [2.75, 3.05) is 37.4 Å². The number of pyridine rings is 2. The maximum Gasteiger partial charge on any atom is 0.261 e. The van der Waals surface area contributed by atoms with Crippen molar-refractivity contribution in [3.63, 3.8) is 0 Å². The van der Waals surface area contributed by atoms with Crippen LogP contribution in [-0.4, -0.2) is 57.4 Å². The molecule has 3 aromatic heterocycles. The summed E-state index contributed by atoms with van der Waals surface area (Å²) in [6.45, 7) is 2.90. The Morgan fingerprint density at radius 1 is 1.02 bits per heavy atom. The van der Waals surface area contributed by atoms with Crippen molar-refractivity contribution in [3.05, 3.63) is 119 Å². The Bertz CT molecular complexity index is 1790. The molecule has 1 aliphatic rings. The second-order valence-corrected chi connectivity index (χ2v) is 11.4. The molecule has 43 heavy (non-hydrogen) atoms. The molecular formula is C34H35N7O2. The number of rotatable bonds is 10. The van der Waals surface area contributed by atoms with E-state index in [0.717, 1.165) is 53.9 Å². The van der Waals surface area contributed by atoms with Crippen LogP contribution in [0.15, 0.2) is 96.3 Å². The minimum absolute atomic E-state index is 0.100. The zero-order valence-electron chi connectivity index (χ0n) is 24.5. The monoisotopic (exact) mass is 573 g/mol. The fourth-order valence-electron chi connectivity index (χ4n) is 5.63. The van der Waals surface area contributed by atoms with E-state index in [2.05, 4.69) is 63.4 Å². The highest BCUT2D eigenvalue weighted by molar-refractivity contribution is 5.96. The van der Waals surface area contributed by atoms with Crippen molar-refractivity contribution in [1.82, 2.24) is 24.4 Å². The van der Waals surface area contributed by atoms with E-state index in [9.17, 15) is 9.59 Å². The molecule has 218 valence electrons. The van der Waals surface area contributed by atoms with Crippen LogP contribution in [0.3, 0.4) is 0 Å². The first-order valence-electron chi connectivity index (χ1n) is 14.6. The molecule has 0 spiro atoms. The van der Waals surface area contributed by atoms with E-state index in [1.807, 2.05) is 36.5 Å². The van der Waals surface area contributed by atoms with Crippen molar-refractivity contribution in [2.45, 2.75) is 25.9 Å². The van der Waals surface area contributed by atoms with E-state index >= 15 is 0 Å². The topological polar surface area (TPSA) is 96.2 Å². The van der Waals surface area contributed by atoms with E-state index in [1.54, 1.807) is 35.3 Å². The Kier molecular flexibility index (Phi) is 8.24. The summed E-state index contributed by atoms with van der Waals surface area (Å²) in [6, 6.07) is 21.7. The average molecular weight is 574 g/mol. The first kappa shape index (κ1) is 28.2. The predicted molar refractivity (Wildman–Crippen MR) is 170 cm³/mol. The van der Waals surface area contributed by atoms with Crippen LogP contribution in [-0.2, 0) is 13.1 Å². The summed E-state index contributed by atoms with van der Waals surface area (Å²) in [5.41, 5.74) is 5.05. The van der Waals surface area contributed by atoms with Gasteiger partial charge in [0.2, 0.25) is 5.95 Å². The number of hydrogen-bond donors (Lipinski definition) is 1. The molecule has 0 aliphatic carbocycles. The first-order valence-corrected chi connectivity index (χ1v) is 14.6. The van der Waals surface area contributed by atoms with Gasteiger partial charge in [0.15, 0.2) is 5.78 Å². The highest BCUT2D eigenvalue weighted by Gasteiger charge is 2.26. The molecule has 4 heterocycles. The average Bonchev–Trinajstić information content (AvgIpc) is 3.47. The minimum Gasteiger partial charge on any atom is -0.371 e. The number of fused-ring (bicyclic) bond motifs is 1. The summed E-state index contributed by atoms with van der Waals surface area (Å²) in [5, 5.41) is 4.26. The molecule has 0 bridgehead atoms. The zero-order chi connectivity index (χ0) is 29.8. The Morgan fingerprint density at radius 3 is 2.67 bits per heavy atom. The molecule has 5 aromatic rings. The molecule has 9 nitrogen and oxygen atoms in total. The molecule has 0 amide bonds. The first-order chi connectivity index (χ1) is 20.9. The van der Waals surface area contributed by atoms with Gasteiger partial charge in [0.05, 0.1) is 17.6 Å². The molecule has 2 aromatic carbocycles. The number of benzene rings is 2. The number of hydrogen-bond acceptors (Lipinski definition) is 8. The number of Topliss-reactive ketones (excluding diaryl/α,β-unsaturated/α-hetero) is 1. The molecule has 9 heteroatoms. The van der Waals surface area contributed by atoms with Gasteiger partial charge in [0.1, 0.15) is 0 Å². The van der Waals surface area contributed by atoms with Gasteiger partial charge in [-0.05, 0) is 86.1 Å². The Hall–Kier alpha value is -4.89. The highest BCUT2D eigenvalue weighted by atomic mass is 16.1. The summed E-state index contributed by atoms with van der Waals surface area (Å²) in [6.07, 6.45) is 8.24. The number of nitrogens with zero attached hydrogens (tertiary/aromatic N) is 6. The quantitative estimate of drug-likeness (QED) is 0.230. The summed E-state index contributed by atoms with van der Waals surface area (Å²) >= 11 is 0. The lowest BCUT2D eigenvalue weighted by atomic mass is 9.98. The van der Waals surface area contributed by atoms with Gasteiger partial charge in [0.25, 0.3) is 5.56 Å². The Morgan fingerprint density at radius 2 is 1.88 bits per heavy atom. The van der Waals surface area contributed by atoms with Gasteiger partial charge in [0, 0.05) is 67.6 Å². The number of ketones is 1. The van der Waals surface area contributed by atoms with Crippen molar-refractivity contribution in [2.24, 2.45) is 5.92 Å². The van der Waals surface area contributed by atoms with Crippen LogP contribution in [0.5, 0.6) is 0 Å². The van der Waals surface area contributed by atoms with Gasteiger partial charge in [-0.25, -0.2) is 9.97 Å². The normalized spacial score (nSPS) is 14.9. The van der Waals surface area contributed by atoms with Crippen molar-refractivity contribution >= 4 is 34.0 Å². The van der Waals surface area contributed by atoms with Crippen molar-refractivity contribution in [1.29, 1.82) is 0 Å². The highest BCUT2D eigenvalue weighted by Crippen LogP contribution is 2.29. The van der Waals surface area contributed by atoms with Gasteiger partial charge < -0.3 is 19.7 Å². The fraction of sp³-hybridized carbons (Fsp3) is 0.265. The molecule has 6 rings (SSSR count). The van der Waals surface area contributed by atoms with Crippen LogP contribution in [0, 0.1) is 5.92 Å². The fourth-order valence-corrected chi connectivity index (χ4v) is 5.63. The second kappa shape index (κ2) is 12.5. The minimum atomic E-state index is -0.254. The zero-order valence-corrected chi connectivity index (χ0v) is 24.5. The molecule has 1 N–H and O–H groups in total. The lowest BCUT2D eigenvalue weighted by molar-refractivity contribution is 0.0963. The van der Waals surface area contributed by atoms with Gasteiger partial charge in [-0.2, -0.15) is 0 Å². The largest absolute Gasteiger partial charge is 0.371 e. The molecular weight excluding hydrogens is 538 g/mol. The third kappa shape index (κ3) is 6.79. The van der Waals surface area contributed by atoms with Gasteiger partial charge in [-0.3, -0.25) is 14.6 Å². The van der Waals surface area contributed by atoms with Gasteiger partial charge in [-0.15, -0.1) is 0 Å². The molecule has 0 radical (unpaired) electrons. The van der Waals surface area contributed by atoms with E-state index in [-0.39, 0.29) is 22.8 Å². The number of nitrogens with one attached hydrogen (secondary N) is 1. The lowest BCUT2D eigenvalue weighted by Crippen LogP contribution is -2.27. The second-order valence-electron chi connectivity index (χ2n) is 11.4. The van der Waals surface area contributed by atoms with Crippen molar-refractivity contribution < 1.29 is 4.79 Å². The third-order valence-corrected chi connectivity index (χ3v) is 7.79. The van der Waals surface area contributed by atoms with E-state index in [1.165, 1.54) is 5.56 Å². The summed E-state index contributed by atoms with van der Waals surface area (Å²) < 4.78 is 1.57. The number of carbonyl (C=O) groups is 1. The molecule has 1 fully saturated rings. The van der Waals surface area contributed by atoms with Gasteiger partial charge in [-0.1, -0.05) is 18.2 Å². The van der Waals surface area contributed by atoms with E-state index < -0.39 is 0 Å². The number of carbonyl (C=O) groups excluding carboxylic acids is 1. The van der Waals surface area contributed by atoms with Crippen molar-refractivity contribution in [3.8, 4) is 0 Å². The van der Waals surface area contributed by atoms with Crippen LogP contribution in [0.1, 0.15) is 34.3 Å². The predicted octanol–water partition coefficient (Wildman–Crippen LogP) is 5.14.